The summed E-state index contributed by atoms with van der Waals surface area (Å²) in [4.78, 5) is 12.2. The first-order chi connectivity index (χ1) is 11.6. The normalized spacial score (nSPS) is 16.2. The molecule has 1 aliphatic carbocycles. The molecule has 4 heteroatoms. The lowest BCUT2D eigenvalue weighted by atomic mass is 9.89. The molecule has 0 unspecified atom stereocenters. The Morgan fingerprint density at radius 2 is 1.92 bits per heavy atom. The maximum atomic E-state index is 12.2. The summed E-state index contributed by atoms with van der Waals surface area (Å²) in [5.41, 5.74) is 4.10. The van der Waals surface area contributed by atoms with Gasteiger partial charge in [-0.05, 0) is 68.4 Å². The molecular weight excluding hydrogens is 300 g/mol. The average Bonchev–Trinajstić information content (AvgIpc) is 3.14. The van der Waals surface area contributed by atoms with E-state index in [0.717, 1.165) is 12.2 Å². The molecule has 2 aromatic rings. The number of fused-ring (bicyclic) bond motifs is 1. The van der Waals surface area contributed by atoms with Crippen LogP contribution in [0.5, 0.6) is 0 Å². The van der Waals surface area contributed by atoms with Crippen molar-refractivity contribution in [3.05, 3.63) is 59.0 Å². The van der Waals surface area contributed by atoms with Gasteiger partial charge in [-0.3, -0.25) is 10.1 Å². The summed E-state index contributed by atoms with van der Waals surface area (Å²) in [6, 6.07) is 10.4. The van der Waals surface area contributed by atoms with Gasteiger partial charge in [-0.15, -0.1) is 0 Å². The minimum Gasteiger partial charge on any atom is -0.468 e. The molecule has 0 fully saturated rings. The Balaban J connectivity index is 1.52. The molecule has 2 atom stereocenters. The Morgan fingerprint density at radius 3 is 2.67 bits per heavy atom. The fourth-order valence-corrected chi connectivity index (χ4v) is 3.28. The molecule has 0 saturated heterocycles. The maximum Gasteiger partial charge on any atom is 0.234 e. The maximum absolute atomic E-state index is 12.2. The minimum absolute atomic E-state index is 0.00127. The predicted molar refractivity (Wildman–Crippen MR) is 94.8 cm³/mol. The fourth-order valence-electron chi connectivity index (χ4n) is 3.28. The molecule has 1 aliphatic rings. The molecule has 3 rings (SSSR count). The summed E-state index contributed by atoms with van der Waals surface area (Å²) >= 11 is 0. The molecule has 0 saturated carbocycles. The van der Waals surface area contributed by atoms with Crippen LogP contribution >= 0.6 is 0 Å². The van der Waals surface area contributed by atoms with Crippen LogP contribution in [0.3, 0.4) is 0 Å². The third-order valence-electron chi connectivity index (χ3n) is 4.79. The van der Waals surface area contributed by atoms with Crippen molar-refractivity contribution in [1.82, 2.24) is 10.6 Å². The highest BCUT2D eigenvalue weighted by Gasteiger charge is 2.15. The molecule has 128 valence electrons. The standard InChI is InChI=1S/C20H26N2O2/c1-14(17-10-9-16-6-3-4-7-18(16)12-17)22-20(23)13-21-15(2)19-8-5-11-24-19/h5,8-12,14-15,21H,3-4,6-7,13H2,1-2H3,(H,22,23)/t14-,15+/m0/s1. The van der Waals surface area contributed by atoms with Gasteiger partial charge in [0.1, 0.15) is 5.76 Å². The predicted octanol–water partition coefficient (Wildman–Crippen LogP) is 3.69. The van der Waals surface area contributed by atoms with E-state index in [2.05, 4.69) is 28.8 Å². The van der Waals surface area contributed by atoms with E-state index in [-0.39, 0.29) is 24.5 Å². The van der Waals surface area contributed by atoms with Gasteiger partial charge < -0.3 is 9.73 Å². The van der Waals surface area contributed by atoms with E-state index in [1.165, 1.54) is 36.0 Å². The number of rotatable bonds is 6. The number of carbonyl (C=O) groups excluding carboxylic acids is 1. The summed E-state index contributed by atoms with van der Waals surface area (Å²) in [7, 11) is 0. The second-order valence-electron chi connectivity index (χ2n) is 6.64. The zero-order valence-corrected chi connectivity index (χ0v) is 14.5. The van der Waals surface area contributed by atoms with Gasteiger partial charge in [-0.1, -0.05) is 18.2 Å². The van der Waals surface area contributed by atoms with Gasteiger partial charge in [0, 0.05) is 0 Å². The van der Waals surface area contributed by atoms with Crippen molar-refractivity contribution in [3.8, 4) is 0 Å². The van der Waals surface area contributed by atoms with Crippen molar-refractivity contribution in [3.63, 3.8) is 0 Å². The number of benzene rings is 1. The van der Waals surface area contributed by atoms with Gasteiger partial charge in [0.25, 0.3) is 0 Å². The largest absolute Gasteiger partial charge is 0.468 e. The summed E-state index contributed by atoms with van der Waals surface area (Å²) in [6.07, 6.45) is 6.55. The van der Waals surface area contributed by atoms with Gasteiger partial charge in [0.2, 0.25) is 5.91 Å². The van der Waals surface area contributed by atoms with Gasteiger partial charge in [0.05, 0.1) is 24.9 Å². The SMILES string of the molecule is C[C@H](NC(=O)CN[C@H](C)c1ccco1)c1ccc2c(c1)CCCC2. The van der Waals surface area contributed by atoms with Gasteiger partial charge in [-0.2, -0.15) is 0 Å². The molecule has 24 heavy (non-hydrogen) atoms. The third kappa shape index (κ3) is 4.06. The van der Waals surface area contributed by atoms with Crippen molar-refractivity contribution in [2.24, 2.45) is 0 Å². The van der Waals surface area contributed by atoms with Crippen LogP contribution in [0, 0.1) is 0 Å². The van der Waals surface area contributed by atoms with Crippen LogP contribution in [-0.4, -0.2) is 12.5 Å². The topological polar surface area (TPSA) is 54.3 Å². The molecule has 2 N–H and O–H groups in total. The first kappa shape index (κ1) is 16.8. The van der Waals surface area contributed by atoms with Crippen LogP contribution in [-0.2, 0) is 17.6 Å². The van der Waals surface area contributed by atoms with E-state index in [1.54, 1.807) is 6.26 Å². The number of hydrogen-bond acceptors (Lipinski definition) is 3. The zero-order valence-electron chi connectivity index (χ0n) is 14.5. The number of nitrogens with one attached hydrogen (secondary N) is 2. The summed E-state index contributed by atoms with van der Waals surface area (Å²) < 4.78 is 5.34. The van der Waals surface area contributed by atoms with Crippen LogP contribution in [0.4, 0.5) is 0 Å². The lowest BCUT2D eigenvalue weighted by Crippen LogP contribution is -2.36. The van der Waals surface area contributed by atoms with E-state index in [0.29, 0.717) is 0 Å². The summed E-state index contributed by atoms with van der Waals surface area (Å²) in [6.45, 7) is 4.30. The number of hydrogen-bond donors (Lipinski definition) is 2. The van der Waals surface area contributed by atoms with Crippen molar-refractivity contribution < 1.29 is 9.21 Å². The van der Waals surface area contributed by atoms with Crippen molar-refractivity contribution in [2.75, 3.05) is 6.54 Å². The number of furan rings is 1. The molecule has 0 aliphatic heterocycles. The molecule has 0 radical (unpaired) electrons. The Bertz CT molecular complexity index is 679. The Hall–Kier alpha value is -2.07. The second kappa shape index (κ2) is 7.67. The first-order valence-corrected chi connectivity index (χ1v) is 8.81. The number of aryl methyl sites for hydroxylation is 2. The number of amides is 1. The van der Waals surface area contributed by atoms with E-state index in [1.807, 2.05) is 26.0 Å². The molecule has 1 heterocycles. The van der Waals surface area contributed by atoms with Crippen LogP contribution in [0.15, 0.2) is 41.0 Å². The summed E-state index contributed by atoms with van der Waals surface area (Å²) in [5.74, 6) is 0.837. The number of carbonyl (C=O) groups is 1. The van der Waals surface area contributed by atoms with Crippen LogP contribution in [0.2, 0.25) is 0 Å². The van der Waals surface area contributed by atoms with E-state index < -0.39 is 0 Å². The molecule has 4 nitrogen and oxygen atoms in total. The monoisotopic (exact) mass is 326 g/mol. The third-order valence-corrected chi connectivity index (χ3v) is 4.79. The molecule has 0 spiro atoms. The lowest BCUT2D eigenvalue weighted by molar-refractivity contribution is -0.121. The van der Waals surface area contributed by atoms with Gasteiger partial charge in [0.15, 0.2) is 0 Å². The first-order valence-electron chi connectivity index (χ1n) is 8.81. The lowest BCUT2D eigenvalue weighted by Gasteiger charge is -2.20. The second-order valence-corrected chi connectivity index (χ2v) is 6.64. The Kier molecular flexibility index (Phi) is 5.36. The molecule has 1 aromatic carbocycles. The van der Waals surface area contributed by atoms with Crippen molar-refractivity contribution in [1.29, 1.82) is 0 Å². The minimum atomic E-state index is -0.00127. The highest BCUT2D eigenvalue weighted by Crippen LogP contribution is 2.24. The zero-order chi connectivity index (χ0) is 16.9. The Labute approximate surface area is 143 Å². The van der Waals surface area contributed by atoms with Crippen LogP contribution in [0.25, 0.3) is 0 Å². The average molecular weight is 326 g/mol. The molecule has 1 aromatic heterocycles. The smallest absolute Gasteiger partial charge is 0.234 e. The fraction of sp³-hybridized carbons (Fsp3) is 0.450. The van der Waals surface area contributed by atoms with Crippen LogP contribution < -0.4 is 10.6 Å². The van der Waals surface area contributed by atoms with E-state index >= 15 is 0 Å². The quantitative estimate of drug-likeness (QED) is 0.851. The van der Waals surface area contributed by atoms with E-state index in [9.17, 15) is 4.79 Å². The van der Waals surface area contributed by atoms with Crippen molar-refractivity contribution >= 4 is 5.91 Å². The summed E-state index contributed by atoms with van der Waals surface area (Å²) in [5, 5.41) is 6.26. The van der Waals surface area contributed by atoms with Crippen molar-refractivity contribution in [2.45, 2.75) is 51.6 Å². The van der Waals surface area contributed by atoms with Gasteiger partial charge in [-0.25, -0.2) is 0 Å². The van der Waals surface area contributed by atoms with Crippen LogP contribution in [0.1, 0.15) is 61.2 Å². The molecule has 1 amide bonds. The molecular formula is C20H26N2O2. The highest BCUT2D eigenvalue weighted by molar-refractivity contribution is 5.78. The van der Waals surface area contributed by atoms with E-state index in [4.69, 9.17) is 4.42 Å². The highest BCUT2D eigenvalue weighted by atomic mass is 16.3. The molecule has 0 bridgehead atoms. The van der Waals surface area contributed by atoms with Gasteiger partial charge >= 0.3 is 0 Å². The Morgan fingerprint density at radius 1 is 1.12 bits per heavy atom.